The van der Waals surface area contributed by atoms with Crippen LogP contribution in [-0.4, -0.2) is 32.1 Å². The van der Waals surface area contributed by atoms with Crippen LogP contribution < -0.4 is 4.90 Å². The molecule has 0 radical (unpaired) electrons. The first-order valence-electron chi connectivity index (χ1n) is 5.75. The van der Waals surface area contributed by atoms with Crippen LogP contribution in [0.2, 0.25) is 0 Å². The Balaban J connectivity index is 2.19. The van der Waals surface area contributed by atoms with E-state index in [2.05, 4.69) is 0 Å². The van der Waals surface area contributed by atoms with Gasteiger partial charge in [-0.3, -0.25) is 4.79 Å². The van der Waals surface area contributed by atoms with E-state index in [-0.39, 0.29) is 17.8 Å². The van der Waals surface area contributed by atoms with Gasteiger partial charge in [0, 0.05) is 18.7 Å². The summed E-state index contributed by atoms with van der Waals surface area (Å²) in [6.45, 7) is 2.44. The first kappa shape index (κ1) is 12.5. The third-order valence-corrected chi connectivity index (χ3v) is 2.86. The van der Waals surface area contributed by atoms with Gasteiger partial charge in [0.2, 0.25) is 0 Å². The molecule has 0 saturated carbocycles. The number of ether oxygens (including phenoxy) is 1. The largest absolute Gasteiger partial charge is 0.378 e. The summed E-state index contributed by atoms with van der Waals surface area (Å²) < 4.78 is 19.1. The van der Waals surface area contributed by atoms with Crippen molar-refractivity contribution in [3.8, 4) is 6.07 Å². The Morgan fingerprint density at radius 2 is 2.17 bits per heavy atom. The van der Waals surface area contributed by atoms with Crippen LogP contribution in [-0.2, 0) is 4.74 Å². The predicted octanol–water partition coefficient (Wildman–Crippen LogP) is 1.76. The Kier molecular flexibility index (Phi) is 3.90. The minimum absolute atomic E-state index is 0.226. The van der Waals surface area contributed by atoms with Gasteiger partial charge in [0.05, 0.1) is 31.4 Å². The van der Waals surface area contributed by atoms with Gasteiger partial charge in [0.1, 0.15) is 5.82 Å². The number of halogens is 1. The Bertz CT molecular complexity index is 490. The lowest BCUT2D eigenvalue weighted by Gasteiger charge is -2.29. The quantitative estimate of drug-likeness (QED) is 0.765. The fraction of sp³-hybridized carbons (Fsp3) is 0.385. The van der Waals surface area contributed by atoms with Crippen molar-refractivity contribution in [1.82, 2.24) is 0 Å². The summed E-state index contributed by atoms with van der Waals surface area (Å²) in [5.41, 5.74) is 0.720. The Labute approximate surface area is 105 Å². The normalized spacial score (nSPS) is 15.2. The number of benzene rings is 1. The monoisotopic (exact) mass is 248 g/mol. The molecule has 1 aromatic carbocycles. The summed E-state index contributed by atoms with van der Waals surface area (Å²) in [5.74, 6) is -0.786. The number of carbonyl (C=O) groups is 1. The first-order valence-corrected chi connectivity index (χ1v) is 5.75. The Morgan fingerprint density at radius 3 is 2.78 bits per heavy atom. The number of Topliss-reactive ketones (excluding diaryl/α,β-unsaturated/α-hetero) is 1. The van der Waals surface area contributed by atoms with Gasteiger partial charge >= 0.3 is 0 Å². The smallest absolute Gasteiger partial charge is 0.176 e. The molecule has 2 rings (SSSR count). The van der Waals surface area contributed by atoms with Crippen LogP contribution in [0.4, 0.5) is 10.1 Å². The third kappa shape index (κ3) is 2.66. The van der Waals surface area contributed by atoms with E-state index in [0.717, 1.165) is 0 Å². The molecule has 0 unspecified atom stereocenters. The zero-order chi connectivity index (χ0) is 13.0. The van der Waals surface area contributed by atoms with Crippen LogP contribution in [0.3, 0.4) is 0 Å². The maximum Gasteiger partial charge on any atom is 0.176 e. The molecule has 0 atom stereocenters. The van der Waals surface area contributed by atoms with Crippen LogP contribution in [0.15, 0.2) is 18.2 Å². The number of carbonyl (C=O) groups excluding carboxylic acids is 1. The average molecular weight is 248 g/mol. The van der Waals surface area contributed by atoms with Crippen LogP contribution in [0.25, 0.3) is 0 Å². The molecule has 4 nitrogen and oxygen atoms in total. The summed E-state index contributed by atoms with van der Waals surface area (Å²) in [6, 6.07) is 6.11. The summed E-state index contributed by atoms with van der Waals surface area (Å²) >= 11 is 0. The van der Waals surface area contributed by atoms with Crippen molar-refractivity contribution < 1.29 is 13.9 Å². The van der Waals surface area contributed by atoms with Crippen LogP contribution in [0.5, 0.6) is 0 Å². The molecule has 18 heavy (non-hydrogen) atoms. The average Bonchev–Trinajstić information content (AvgIpc) is 2.40. The molecule has 94 valence electrons. The van der Waals surface area contributed by atoms with Crippen molar-refractivity contribution in [2.24, 2.45) is 0 Å². The molecule has 0 N–H and O–H groups in total. The number of hydrogen-bond donors (Lipinski definition) is 0. The van der Waals surface area contributed by atoms with Crippen molar-refractivity contribution in [3.63, 3.8) is 0 Å². The van der Waals surface area contributed by atoms with Gasteiger partial charge < -0.3 is 9.64 Å². The molecule has 1 saturated heterocycles. The highest BCUT2D eigenvalue weighted by Gasteiger charge is 2.16. The lowest BCUT2D eigenvalue weighted by Crippen LogP contribution is -2.36. The number of morpholine rings is 1. The molecule has 1 aromatic rings. The molecule has 0 amide bonds. The van der Waals surface area contributed by atoms with Crippen molar-refractivity contribution >= 4 is 11.5 Å². The van der Waals surface area contributed by atoms with Gasteiger partial charge in [0.15, 0.2) is 5.78 Å². The van der Waals surface area contributed by atoms with Crippen molar-refractivity contribution in [2.75, 3.05) is 31.2 Å². The van der Waals surface area contributed by atoms with E-state index in [0.29, 0.717) is 32.0 Å². The summed E-state index contributed by atoms with van der Waals surface area (Å²) in [5, 5.41) is 8.44. The second kappa shape index (κ2) is 5.61. The van der Waals surface area contributed by atoms with Gasteiger partial charge in [-0.15, -0.1) is 0 Å². The van der Waals surface area contributed by atoms with Gasteiger partial charge in [0.25, 0.3) is 0 Å². The number of nitriles is 1. The van der Waals surface area contributed by atoms with Crippen molar-refractivity contribution in [2.45, 2.75) is 6.42 Å². The molecule has 0 spiro atoms. The standard InChI is InChI=1S/C13H13FN2O2/c14-11-9-10(13(17)3-4-15)1-2-12(11)16-5-7-18-8-6-16/h1-2,9H,3,5-8H2. The minimum Gasteiger partial charge on any atom is -0.378 e. The Hall–Kier alpha value is -1.93. The number of anilines is 1. The summed E-state index contributed by atoms with van der Waals surface area (Å²) in [6.07, 6.45) is -0.226. The molecule has 5 heteroatoms. The van der Waals surface area contributed by atoms with Gasteiger partial charge in [-0.1, -0.05) is 0 Å². The topological polar surface area (TPSA) is 53.3 Å². The maximum atomic E-state index is 13.9. The zero-order valence-electron chi connectivity index (χ0n) is 9.86. The number of rotatable bonds is 3. The second-order valence-electron chi connectivity index (χ2n) is 4.02. The lowest BCUT2D eigenvalue weighted by molar-refractivity contribution is 0.0997. The van der Waals surface area contributed by atoms with Crippen LogP contribution in [0, 0.1) is 17.1 Å². The number of ketones is 1. The van der Waals surface area contributed by atoms with Gasteiger partial charge in [-0.2, -0.15) is 5.26 Å². The highest BCUT2D eigenvalue weighted by Crippen LogP contribution is 2.22. The molecular formula is C13H13FN2O2. The first-order chi connectivity index (χ1) is 8.72. The minimum atomic E-state index is -0.430. The highest BCUT2D eigenvalue weighted by molar-refractivity contribution is 5.97. The fourth-order valence-corrected chi connectivity index (χ4v) is 1.91. The Morgan fingerprint density at radius 1 is 1.44 bits per heavy atom. The van der Waals surface area contributed by atoms with E-state index in [1.807, 2.05) is 4.90 Å². The lowest BCUT2D eigenvalue weighted by atomic mass is 10.1. The third-order valence-electron chi connectivity index (χ3n) is 2.86. The number of nitrogens with zero attached hydrogens (tertiary/aromatic N) is 2. The predicted molar refractivity (Wildman–Crippen MR) is 64.0 cm³/mol. The fourth-order valence-electron chi connectivity index (χ4n) is 1.91. The number of hydrogen-bond acceptors (Lipinski definition) is 4. The van der Waals surface area contributed by atoms with E-state index >= 15 is 0 Å². The van der Waals surface area contributed by atoms with Crippen LogP contribution in [0.1, 0.15) is 16.8 Å². The van der Waals surface area contributed by atoms with E-state index in [1.54, 1.807) is 18.2 Å². The SMILES string of the molecule is N#CCC(=O)c1ccc(N2CCOCC2)c(F)c1. The maximum absolute atomic E-state index is 13.9. The van der Waals surface area contributed by atoms with Gasteiger partial charge in [-0.05, 0) is 18.2 Å². The molecule has 0 aliphatic carbocycles. The van der Waals surface area contributed by atoms with Crippen LogP contribution >= 0.6 is 0 Å². The second-order valence-corrected chi connectivity index (χ2v) is 4.02. The molecule has 1 aliphatic heterocycles. The van der Waals surface area contributed by atoms with E-state index < -0.39 is 5.82 Å². The summed E-state index contributed by atoms with van der Waals surface area (Å²) in [7, 11) is 0. The molecule has 1 fully saturated rings. The van der Waals surface area contributed by atoms with E-state index in [1.165, 1.54) is 6.07 Å². The highest BCUT2D eigenvalue weighted by atomic mass is 19.1. The zero-order valence-corrected chi connectivity index (χ0v) is 9.86. The van der Waals surface area contributed by atoms with Gasteiger partial charge in [-0.25, -0.2) is 4.39 Å². The molecule has 0 bridgehead atoms. The summed E-state index contributed by atoms with van der Waals surface area (Å²) in [4.78, 5) is 13.3. The van der Waals surface area contributed by atoms with Crippen molar-refractivity contribution in [3.05, 3.63) is 29.6 Å². The molecular weight excluding hydrogens is 235 g/mol. The molecule has 1 heterocycles. The van der Waals surface area contributed by atoms with Crippen molar-refractivity contribution in [1.29, 1.82) is 5.26 Å². The van der Waals surface area contributed by atoms with E-state index in [9.17, 15) is 9.18 Å². The van der Waals surface area contributed by atoms with E-state index in [4.69, 9.17) is 10.00 Å². The molecule has 0 aromatic heterocycles. The molecule has 1 aliphatic rings.